The molecule has 0 saturated carbocycles. The maximum absolute atomic E-state index is 5.45. The van der Waals surface area contributed by atoms with Gasteiger partial charge in [0.25, 0.3) is 0 Å². The number of hydrogen-bond donors (Lipinski definition) is 0. The average molecular weight is 219 g/mol. The fourth-order valence-corrected chi connectivity index (χ4v) is 2.89. The molecule has 3 rings (SSSR count). The van der Waals surface area contributed by atoms with Crippen molar-refractivity contribution in [3.8, 4) is 0 Å². The summed E-state index contributed by atoms with van der Waals surface area (Å²) in [6.07, 6.45) is 6.21. The van der Waals surface area contributed by atoms with Gasteiger partial charge in [-0.2, -0.15) is 0 Å². The second-order valence-corrected chi connectivity index (χ2v) is 6.41. The topological polar surface area (TPSA) is 14.2 Å². The first kappa shape index (κ1) is 10.4. The average Bonchev–Trinajstić information content (AvgIpc) is 2.57. The first-order valence-electron chi connectivity index (χ1n) is 6.31. The predicted octanol–water partition coefficient (Wildman–Crippen LogP) is 2.85. The summed E-state index contributed by atoms with van der Waals surface area (Å²) in [6, 6.07) is 2.40. The standard InChI is InChI=1S/C14H21NO/c1-13(2,3)11-7-12-5-4-6-14(9-16-10-14)15(12)8-11/h7-8H,4-6,9-10H2,1-3H3. The molecule has 1 saturated heterocycles. The predicted molar refractivity (Wildman–Crippen MR) is 64.9 cm³/mol. The molecular weight excluding hydrogens is 198 g/mol. The molecule has 3 heterocycles. The molecule has 0 aromatic carbocycles. The van der Waals surface area contributed by atoms with Gasteiger partial charge in [0.15, 0.2) is 0 Å². The Morgan fingerprint density at radius 1 is 1.31 bits per heavy atom. The van der Waals surface area contributed by atoms with Gasteiger partial charge < -0.3 is 9.30 Å². The van der Waals surface area contributed by atoms with Crippen LogP contribution in [-0.2, 0) is 22.1 Å². The molecule has 2 heteroatoms. The molecule has 0 aliphatic carbocycles. The lowest BCUT2D eigenvalue weighted by Gasteiger charge is -2.46. The molecule has 2 nitrogen and oxygen atoms in total. The van der Waals surface area contributed by atoms with Crippen LogP contribution in [0, 0.1) is 0 Å². The summed E-state index contributed by atoms with van der Waals surface area (Å²) in [5.74, 6) is 0. The van der Waals surface area contributed by atoms with E-state index in [0.717, 1.165) is 13.2 Å². The number of fused-ring (bicyclic) bond motifs is 2. The van der Waals surface area contributed by atoms with E-state index in [0.29, 0.717) is 5.54 Å². The van der Waals surface area contributed by atoms with E-state index in [9.17, 15) is 0 Å². The maximum Gasteiger partial charge on any atom is 0.0907 e. The van der Waals surface area contributed by atoms with Crippen LogP contribution in [0.3, 0.4) is 0 Å². The maximum atomic E-state index is 5.45. The van der Waals surface area contributed by atoms with Crippen LogP contribution in [0.1, 0.15) is 44.9 Å². The zero-order valence-electron chi connectivity index (χ0n) is 10.5. The van der Waals surface area contributed by atoms with E-state index in [1.807, 2.05) is 0 Å². The largest absolute Gasteiger partial charge is 0.376 e. The van der Waals surface area contributed by atoms with Crippen LogP contribution in [0.15, 0.2) is 12.3 Å². The van der Waals surface area contributed by atoms with Crippen molar-refractivity contribution in [3.63, 3.8) is 0 Å². The van der Waals surface area contributed by atoms with Gasteiger partial charge in [-0.05, 0) is 36.3 Å². The lowest BCUT2D eigenvalue weighted by atomic mass is 9.86. The summed E-state index contributed by atoms with van der Waals surface area (Å²) in [4.78, 5) is 0. The van der Waals surface area contributed by atoms with Crippen LogP contribution in [0.25, 0.3) is 0 Å². The second-order valence-electron chi connectivity index (χ2n) is 6.41. The number of hydrogen-bond acceptors (Lipinski definition) is 1. The summed E-state index contributed by atoms with van der Waals surface area (Å²) in [5, 5.41) is 0. The Balaban J connectivity index is 2.05. The van der Waals surface area contributed by atoms with E-state index in [4.69, 9.17) is 4.74 Å². The van der Waals surface area contributed by atoms with Crippen LogP contribution in [0.5, 0.6) is 0 Å². The Labute approximate surface area is 97.6 Å². The van der Waals surface area contributed by atoms with Crippen LogP contribution in [0.4, 0.5) is 0 Å². The minimum Gasteiger partial charge on any atom is -0.376 e. The summed E-state index contributed by atoms with van der Waals surface area (Å²) in [7, 11) is 0. The highest BCUT2D eigenvalue weighted by Gasteiger charge is 2.43. The third-order valence-corrected chi connectivity index (χ3v) is 4.09. The molecule has 88 valence electrons. The number of ether oxygens (including phenoxy) is 1. The lowest BCUT2D eigenvalue weighted by molar-refractivity contribution is -0.111. The highest BCUT2D eigenvalue weighted by atomic mass is 16.5. The second kappa shape index (κ2) is 3.13. The first-order chi connectivity index (χ1) is 7.51. The van der Waals surface area contributed by atoms with Gasteiger partial charge in [0.2, 0.25) is 0 Å². The molecule has 0 amide bonds. The SMILES string of the molecule is CC(C)(C)c1cc2n(c1)C1(CCC2)COC1. The zero-order valence-corrected chi connectivity index (χ0v) is 10.5. The molecule has 0 N–H and O–H groups in total. The fraction of sp³-hybridized carbons (Fsp3) is 0.714. The Morgan fingerprint density at radius 2 is 2.06 bits per heavy atom. The quantitative estimate of drug-likeness (QED) is 0.654. The molecule has 1 aromatic rings. The molecule has 1 aromatic heterocycles. The van der Waals surface area contributed by atoms with Crippen molar-refractivity contribution in [1.29, 1.82) is 0 Å². The normalized spacial score (nSPS) is 22.9. The van der Waals surface area contributed by atoms with Gasteiger partial charge in [0, 0.05) is 11.9 Å². The third kappa shape index (κ3) is 1.36. The van der Waals surface area contributed by atoms with Gasteiger partial charge in [0.05, 0.1) is 18.8 Å². The summed E-state index contributed by atoms with van der Waals surface area (Å²) in [5.41, 5.74) is 3.56. The van der Waals surface area contributed by atoms with Crippen LogP contribution >= 0.6 is 0 Å². The molecule has 2 aliphatic rings. The summed E-state index contributed by atoms with van der Waals surface area (Å²) >= 11 is 0. The molecular formula is C14H21NO. The van der Waals surface area contributed by atoms with E-state index < -0.39 is 0 Å². The van der Waals surface area contributed by atoms with E-state index in [1.54, 1.807) is 0 Å². The number of rotatable bonds is 0. The van der Waals surface area contributed by atoms with Crippen molar-refractivity contribution in [2.75, 3.05) is 13.2 Å². The molecule has 0 unspecified atom stereocenters. The Morgan fingerprint density at radius 3 is 2.62 bits per heavy atom. The molecule has 0 bridgehead atoms. The third-order valence-electron chi connectivity index (χ3n) is 4.09. The highest BCUT2D eigenvalue weighted by Crippen LogP contribution is 2.39. The summed E-state index contributed by atoms with van der Waals surface area (Å²) < 4.78 is 7.96. The van der Waals surface area contributed by atoms with E-state index in [2.05, 4.69) is 37.6 Å². The molecule has 1 fully saturated rings. The van der Waals surface area contributed by atoms with Crippen molar-refractivity contribution >= 4 is 0 Å². The number of aromatic nitrogens is 1. The Kier molecular flexibility index (Phi) is 2.03. The minimum absolute atomic E-state index is 0.260. The van der Waals surface area contributed by atoms with E-state index in [1.165, 1.54) is 30.5 Å². The summed E-state index contributed by atoms with van der Waals surface area (Å²) in [6.45, 7) is 8.70. The first-order valence-corrected chi connectivity index (χ1v) is 6.31. The van der Waals surface area contributed by atoms with Gasteiger partial charge in [-0.15, -0.1) is 0 Å². The van der Waals surface area contributed by atoms with E-state index >= 15 is 0 Å². The van der Waals surface area contributed by atoms with Gasteiger partial charge in [-0.25, -0.2) is 0 Å². The molecule has 2 aliphatic heterocycles. The number of nitrogens with zero attached hydrogens (tertiary/aromatic N) is 1. The van der Waals surface area contributed by atoms with Gasteiger partial charge in [-0.1, -0.05) is 20.8 Å². The lowest BCUT2D eigenvalue weighted by Crippen LogP contribution is -2.53. The van der Waals surface area contributed by atoms with Gasteiger partial charge >= 0.3 is 0 Å². The Bertz CT molecular complexity index is 407. The molecule has 0 atom stereocenters. The van der Waals surface area contributed by atoms with Gasteiger partial charge in [0.1, 0.15) is 0 Å². The number of aryl methyl sites for hydroxylation is 1. The van der Waals surface area contributed by atoms with Crippen LogP contribution in [0.2, 0.25) is 0 Å². The van der Waals surface area contributed by atoms with Crippen molar-refractivity contribution < 1.29 is 4.74 Å². The smallest absolute Gasteiger partial charge is 0.0907 e. The molecule has 16 heavy (non-hydrogen) atoms. The Hall–Kier alpha value is -0.760. The highest BCUT2D eigenvalue weighted by molar-refractivity contribution is 5.29. The van der Waals surface area contributed by atoms with Crippen molar-refractivity contribution in [2.24, 2.45) is 0 Å². The fourth-order valence-electron chi connectivity index (χ4n) is 2.89. The monoisotopic (exact) mass is 219 g/mol. The molecule has 1 spiro atoms. The van der Waals surface area contributed by atoms with Crippen molar-refractivity contribution in [2.45, 2.75) is 51.0 Å². The minimum atomic E-state index is 0.260. The van der Waals surface area contributed by atoms with Gasteiger partial charge in [-0.3, -0.25) is 0 Å². The zero-order chi connectivity index (χ0) is 11.4. The van der Waals surface area contributed by atoms with Crippen LogP contribution < -0.4 is 0 Å². The van der Waals surface area contributed by atoms with Crippen molar-refractivity contribution in [1.82, 2.24) is 4.57 Å². The van der Waals surface area contributed by atoms with Crippen LogP contribution in [-0.4, -0.2) is 17.8 Å². The van der Waals surface area contributed by atoms with E-state index in [-0.39, 0.29) is 5.41 Å². The molecule has 0 radical (unpaired) electrons. The van der Waals surface area contributed by atoms with Crippen molar-refractivity contribution in [3.05, 3.63) is 23.5 Å².